The quantitative estimate of drug-likeness (QED) is 0.588. The van der Waals surface area contributed by atoms with Crippen molar-refractivity contribution in [1.82, 2.24) is 0 Å². The molecule has 0 aliphatic carbocycles. The van der Waals surface area contributed by atoms with Crippen LogP contribution in [0.1, 0.15) is 20.3 Å². The van der Waals surface area contributed by atoms with Crippen LogP contribution in [0, 0.1) is 0 Å². The van der Waals surface area contributed by atoms with E-state index in [9.17, 15) is 0 Å². The third-order valence-electron chi connectivity index (χ3n) is 0. The van der Waals surface area contributed by atoms with E-state index in [-0.39, 0.29) is 21.1 Å². The van der Waals surface area contributed by atoms with Crippen LogP contribution in [0.25, 0.3) is 0 Å². The van der Waals surface area contributed by atoms with E-state index in [1.54, 1.807) is 0 Å². The molecule has 0 radical (unpaired) electrons. The molecule has 0 fully saturated rings. The van der Waals surface area contributed by atoms with Crippen molar-refractivity contribution in [2.45, 2.75) is 20.3 Å². The van der Waals surface area contributed by atoms with Crippen LogP contribution < -0.4 is 0 Å². The maximum Gasteiger partial charge on any atom is 0 e. The zero-order chi connectivity index (χ0) is 2.71. The molecule has 0 aliphatic rings. The van der Waals surface area contributed by atoms with Crippen molar-refractivity contribution in [1.29, 1.82) is 0 Å². The first kappa shape index (κ1) is 8.82. The van der Waals surface area contributed by atoms with Gasteiger partial charge in [-0.25, -0.2) is 0 Å². The molecule has 4 heavy (non-hydrogen) atoms. The molecule has 0 nitrogen and oxygen atoms in total. The molecule has 0 saturated heterocycles. The summed E-state index contributed by atoms with van der Waals surface area (Å²) in [7, 11) is 0. The Morgan fingerprint density at radius 2 is 1.25 bits per heavy atom. The zero-order valence-electron chi connectivity index (χ0n) is 3.12. The topological polar surface area (TPSA) is 0 Å². The summed E-state index contributed by atoms with van der Waals surface area (Å²) < 4.78 is 0. The van der Waals surface area contributed by atoms with E-state index in [1.807, 2.05) is 0 Å². The average molecular weight is 228 g/mol. The molecule has 0 aromatic carbocycles. The molecule has 0 heterocycles. The van der Waals surface area contributed by atoms with Crippen LogP contribution in [0.2, 0.25) is 0 Å². The van der Waals surface area contributed by atoms with Gasteiger partial charge >= 0.3 is 0 Å². The Kier molecular flexibility index (Phi) is 20.6. The Hall–Kier alpha value is 0.688. The van der Waals surface area contributed by atoms with Gasteiger partial charge in [0.2, 0.25) is 0 Å². The number of hydrogen-bond acceptors (Lipinski definition) is 0. The minimum Gasteiger partial charge on any atom is -0.0656 e. The molecular formula is C3H8W. The summed E-state index contributed by atoms with van der Waals surface area (Å²) in [5.74, 6) is 0. The molecule has 0 bridgehead atoms. The Morgan fingerprint density at radius 1 is 1.25 bits per heavy atom. The van der Waals surface area contributed by atoms with Gasteiger partial charge in [-0.3, -0.25) is 0 Å². The monoisotopic (exact) mass is 228 g/mol. The Balaban J connectivity index is 0. The second-order valence-corrected chi connectivity index (χ2v) is 0.707. The van der Waals surface area contributed by atoms with Gasteiger partial charge in [0, 0.05) is 21.1 Å². The van der Waals surface area contributed by atoms with Crippen molar-refractivity contribution in [3.05, 3.63) is 0 Å². The largest absolute Gasteiger partial charge is 0.0656 e. The van der Waals surface area contributed by atoms with Gasteiger partial charge in [-0.15, -0.1) is 0 Å². The molecule has 0 amide bonds. The first-order valence-electron chi connectivity index (χ1n) is 1.41. The van der Waals surface area contributed by atoms with E-state index in [1.165, 1.54) is 6.42 Å². The van der Waals surface area contributed by atoms with Crippen molar-refractivity contribution >= 4 is 0 Å². The van der Waals surface area contributed by atoms with Crippen LogP contribution in [0.15, 0.2) is 0 Å². The molecule has 0 unspecified atom stereocenters. The van der Waals surface area contributed by atoms with E-state index in [2.05, 4.69) is 13.8 Å². The van der Waals surface area contributed by atoms with E-state index in [0.29, 0.717) is 0 Å². The van der Waals surface area contributed by atoms with Crippen molar-refractivity contribution in [2.75, 3.05) is 0 Å². The molecule has 1 heteroatoms. The predicted molar refractivity (Wildman–Crippen MR) is 16.0 cm³/mol. The van der Waals surface area contributed by atoms with Gasteiger partial charge in [-0.1, -0.05) is 20.3 Å². The van der Waals surface area contributed by atoms with Gasteiger partial charge in [0.15, 0.2) is 0 Å². The fraction of sp³-hybridized carbons (Fsp3) is 1.00. The maximum absolute atomic E-state index is 2.12. The second kappa shape index (κ2) is 9.35. The van der Waals surface area contributed by atoms with E-state index in [4.69, 9.17) is 0 Å². The van der Waals surface area contributed by atoms with E-state index < -0.39 is 0 Å². The molecule has 0 N–H and O–H groups in total. The minimum absolute atomic E-state index is 0. The van der Waals surface area contributed by atoms with Gasteiger partial charge in [0.25, 0.3) is 0 Å². The van der Waals surface area contributed by atoms with Gasteiger partial charge in [-0.2, -0.15) is 0 Å². The van der Waals surface area contributed by atoms with Crippen LogP contribution in [-0.4, -0.2) is 0 Å². The van der Waals surface area contributed by atoms with Gasteiger partial charge in [0.05, 0.1) is 0 Å². The van der Waals surface area contributed by atoms with Crippen molar-refractivity contribution in [3.8, 4) is 0 Å². The molecular weight excluding hydrogens is 220 g/mol. The molecule has 0 aliphatic heterocycles. The third-order valence-corrected chi connectivity index (χ3v) is 0. The molecule has 0 saturated carbocycles. The smallest absolute Gasteiger partial charge is 0 e. The summed E-state index contributed by atoms with van der Waals surface area (Å²) in [5, 5.41) is 0. The predicted octanol–water partition coefficient (Wildman–Crippen LogP) is 1.41. The molecule has 0 spiro atoms. The van der Waals surface area contributed by atoms with E-state index >= 15 is 0 Å². The first-order valence-corrected chi connectivity index (χ1v) is 1.41. The first-order chi connectivity index (χ1) is 1.41. The van der Waals surface area contributed by atoms with Crippen LogP contribution in [0.4, 0.5) is 0 Å². The molecule has 0 atom stereocenters. The summed E-state index contributed by atoms with van der Waals surface area (Å²) >= 11 is 0. The van der Waals surface area contributed by atoms with Crippen molar-refractivity contribution < 1.29 is 21.1 Å². The Morgan fingerprint density at radius 3 is 1.25 bits per heavy atom. The number of rotatable bonds is 0. The standard InChI is InChI=1S/C3H8.W/c1-3-2;/h3H2,1-2H3;. The van der Waals surface area contributed by atoms with Gasteiger partial charge in [-0.05, 0) is 0 Å². The normalized spacial score (nSPS) is 4.50. The van der Waals surface area contributed by atoms with Crippen LogP contribution in [0.3, 0.4) is 0 Å². The van der Waals surface area contributed by atoms with Gasteiger partial charge < -0.3 is 0 Å². The zero-order valence-corrected chi connectivity index (χ0v) is 6.05. The molecule has 0 aromatic rings. The summed E-state index contributed by atoms with van der Waals surface area (Å²) in [5.41, 5.74) is 0. The Labute approximate surface area is 41.9 Å². The molecule has 0 aromatic heterocycles. The van der Waals surface area contributed by atoms with Crippen LogP contribution in [-0.2, 0) is 21.1 Å². The summed E-state index contributed by atoms with van der Waals surface area (Å²) in [6.45, 7) is 4.25. The van der Waals surface area contributed by atoms with Crippen LogP contribution in [0.5, 0.6) is 0 Å². The maximum atomic E-state index is 2.12. The molecule has 0 rings (SSSR count). The fourth-order valence-electron chi connectivity index (χ4n) is 0. The number of hydrogen-bond donors (Lipinski definition) is 0. The molecule has 26 valence electrons. The van der Waals surface area contributed by atoms with Crippen molar-refractivity contribution in [2.24, 2.45) is 0 Å². The van der Waals surface area contributed by atoms with E-state index in [0.717, 1.165) is 0 Å². The third kappa shape index (κ3) is 16.2. The summed E-state index contributed by atoms with van der Waals surface area (Å²) in [6, 6.07) is 0. The second-order valence-electron chi connectivity index (χ2n) is 0.707. The Bertz CT molecular complexity index is 3.25. The summed E-state index contributed by atoms with van der Waals surface area (Å²) in [6.07, 6.45) is 1.25. The average Bonchev–Trinajstić information content (AvgIpc) is 0.918. The van der Waals surface area contributed by atoms with Crippen molar-refractivity contribution in [3.63, 3.8) is 0 Å². The minimum atomic E-state index is 0. The fourth-order valence-corrected chi connectivity index (χ4v) is 0. The van der Waals surface area contributed by atoms with Gasteiger partial charge in [0.1, 0.15) is 0 Å². The summed E-state index contributed by atoms with van der Waals surface area (Å²) in [4.78, 5) is 0. The SMILES string of the molecule is CCC.[W]. The van der Waals surface area contributed by atoms with Crippen LogP contribution >= 0.6 is 0 Å².